The van der Waals surface area contributed by atoms with Gasteiger partial charge < -0.3 is 14.6 Å². The molecule has 0 aliphatic rings. The Hall–Kier alpha value is -3.44. The van der Waals surface area contributed by atoms with Gasteiger partial charge in [-0.2, -0.15) is 0 Å². The average molecular weight is 609 g/mol. The number of amides is 1. The number of carbonyl (C=O) groups excluding carboxylic acids is 2. The van der Waals surface area contributed by atoms with Crippen LogP contribution in [0.1, 0.15) is 22.2 Å². The number of nitrogens with one attached hydrogen (secondary N) is 1. The van der Waals surface area contributed by atoms with Gasteiger partial charge >= 0.3 is 5.97 Å². The van der Waals surface area contributed by atoms with Gasteiger partial charge in [-0.25, -0.2) is 4.79 Å². The minimum Gasteiger partial charge on any atom is -0.465 e. The molecule has 0 atom stereocenters. The third-order valence-electron chi connectivity index (χ3n) is 6.23. The summed E-state index contributed by atoms with van der Waals surface area (Å²) in [5, 5.41) is 17.4. The van der Waals surface area contributed by atoms with E-state index in [1.165, 1.54) is 35.1 Å². The predicted octanol–water partition coefficient (Wildman–Crippen LogP) is 7.90. The van der Waals surface area contributed by atoms with Gasteiger partial charge in [0.2, 0.25) is 5.91 Å². The SMILES string of the molecule is CCn1c(SCC(=O)Nc2scc(-c3ccc(Cl)cc3)c2C(=O)OC)nnc1-c1csc(C)c1-c1ccccc1. The quantitative estimate of drug-likeness (QED) is 0.135. The third-order valence-corrected chi connectivity index (χ3v) is 9.26. The Bertz CT molecular complexity index is 1660. The van der Waals surface area contributed by atoms with E-state index in [1.54, 1.807) is 23.5 Å². The Morgan fingerprint density at radius 3 is 2.42 bits per heavy atom. The lowest BCUT2D eigenvalue weighted by molar-refractivity contribution is -0.113. The molecule has 1 amide bonds. The second-order valence-corrected chi connectivity index (χ2v) is 12.0. The first-order valence-electron chi connectivity index (χ1n) is 12.4. The largest absolute Gasteiger partial charge is 0.465 e. The first-order chi connectivity index (χ1) is 19.4. The fourth-order valence-electron chi connectivity index (χ4n) is 4.35. The predicted molar refractivity (Wildman–Crippen MR) is 165 cm³/mol. The van der Waals surface area contributed by atoms with E-state index in [-0.39, 0.29) is 11.7 Å². The molecule has 0 unspecified atom stereocenters. The Balaban J connectivity index is 1.35. The van der Waals surface area contributed by atoms with E-state index in [0.29, 0.717) is 32.9 Å². The van der Waals surface area contributed by atoms with Crippen LogP contribution in [0.25, 0.3) is 33.6 Å². The van der Waals surface area contributed by atoms with Crippen molar-refractivity contribution >= 4 is 62.9 Å². The lowest BCUT2D eigenvalue weighted by atomic mass is 10.0. The molecule has 1 N–H and O–H groups in total. The van der Waals surface area contributed by atoms with Crippen LogP contribution in [-0.2, 0) is 16.1 Å². The van der Waals surface area contributed by atoms with Crippen LogP contribution in [0.3, 0.4) is 0 Å². The summed E-state index contributed by atoms with van der Waals surface area (Å²) in [6, 6.07) is 17.4. The number of hydrogen-bond acceptors (Lipinski definition) is 8. The minimum absolute atomic E-state index is 0.0983. The maximum absolute atomic E-state index is 13.0. The highest BCUT2D eigenvalue weighted by molar-refractivity contribution is 7.99. The number of rotatable bonds is 9. The molecular formula is C29H25ClN4O3S3. The fraction of sp³-hybridized carbons (Fsp3) is 0.172. The molecule has 2 aromatic carbocycles. The highest BCUT2D eigenvalue weighted by Gasteiger charge is 2.24. The van der Waals surface area contributed by atoms with Gasteiger partial charge in [0.05, 0.1) is 12.9 Å². The van der Waals surface area contributed by atoms with Gasteiger partial charge in [0.1, 0.15) is 10.6 Å². The van der Waals surface area contributed by atoms with Crippen LogP contribution in [0.2, 0.25) is 5.02 Å². The molecule has 0 saturated carbocycles. The number of esters is 1. The van der Waals surface area contributed by atoms with Crippen LogP contribution in [-0.4, -0.2) is 39.5 Å². The summed E-state index contributed by atoms with van der Waals surface area (Å²) < 4.78 is 7.04. The number of methoxy groups -OCH3 is 1. The maximum atomic E-state index is 13.0. The lowest BCUT2D eigenvalue weighted by Gasteiger charge is -2.10. The number of aromatic nitrogens is 3. The summed E-state index contributed by atoms with van der Waals surface area (Å²) in [6.45, 7) is 4.79. The van der Waals surface area contributed by atoms with Crippen LogP contribution < -0.4 is 5.32 Å². The highest BCUT2D eigenvalue weighted by atomic mass is 35.5. The summed E-state index contributed by atoms with van der Waals surface area (Å²) in [4.78, 5) is 26.9. The zero-order valence-electron chi connectivity index (χ0n) is 21.9. The van der Waals surface area contributed by atoms with Crippen molar-refractivity contribution in [2.45, 2.75) is 25.5 Å². The van der Waals surface area contributed by atoms with Crippen molar-refractivity contribution in [3.63, 3.8) is 0 Å². The molecule has 0 saturated heterocycles. The molecule has 40 heavy (non-hydrogen) atoms. The molecule has 0 aliphatic carbocycles. The first-order valence-corrected chi connectivity index (χ1v) is 15.5. The van der Waals surface area contributed by atoms with Crippen LogP contribution in [0, 0.1) is 6.92 Å². The van der Waals surface area contributed by atoms with Gasteiger partial charge in [0.25, 0.3) is 0 Å². The zero-order valence-corrected chi connectivity index (χ0v) is 25.1. The number of ether oxygens (including phenoxy) is 1. The topological polar surface area (TPSA) is 86.1 Å². The van der Waals surface area contributed by atoms with Gasteiger partial charge in [-0.1, -0.05) is 65.8 Å². The van der Waals surface area contributed by atoms with E-state index in [9.17, 15) is 9.59 Å². The average Bonchev–Trinajstić information content (AvgIpc) is 3.68. The van der Waals surface area contributed by atoms with Crippen LogP contribution in [0.15, 0.2) is 70.5 Å². The number of thioether (sulfide) groups is 1. The monoisotopic (exact) mass is 608 g/mol. The molecular weight excluding hydrogens is 584 g/mol. The number of benzene rings is 2. The van der Waals surface area contributed by atoms with E-state index >= 15 is 0 Å². The Labute approximate surface area is 249 Å². The van der Waals surface area contributed by atoms with Gasteiger partial charge in [-0.3, -0.25) is 4.79 Å². The summed E-state index contributed by atoms with van der Waals surface area (Å²) in [6.07, 6.45) is 0. The van der Waals surface area contributed by atoms with Crippen molar-refractivity contribution in [1.82, 2.24) is 14.8 Å². The molecule has 5 rings (SSSR count). The third kappa shape index (κ3) is 5.71. The number of anilines is 1. The minimum atomic E-state index is -0.523. The Morgan fingerprint density at radius 1 is 1.00 bits per heavy atom. The second-order valence-electron chi connectivity index (χ2n) is 8.69. The number of aryl methyl sites for hydroxylation is 1. The summed E-state index contributed by atoms with van der Waals surface area (Å²) in [7, 11) is 1.32. The van der Waals surface area contributed by atoms with Crippen molar-refractivity contribution in [1.29, 1.82) is 0 Å². The molecule has 0 spiro atoms. The highest BCUT2D eigenvalue weighted by Crippen LogP contribution is 2.40. The van der Waals surface area contributed by atoms with E-state index in [0.717, 1.165) is 28.1 Å². The summed E-state index contributed by atoms with van der Waals surface area (Å²) >= 11 is 10.3. The number of carbonyl (C=O) groups is 2. The van der Waals surface area contributed by atoms with Gasteiger partial charge in [-0.15, -0.1) is 32.9 Å². The van der Waals surface area contributed by atoms with Gasteiger partial charge in [-0.05, 0) is 37.1 Å². The first kappa shape index (κ1) is 28.1. The molecule has 0 radical (unpaired) electrons. The van der Waals surface area contributed by atoms with Crippen molar-refractivity contribution in [2.75, 3.05) is 18.2 Å². The van der Waals surface area contributed by atoms with Crippen LogP contribution in [0.4, 0.5) is 5.00 Å². The molecule has 3 heterocycles. The van der Waals surface area contributed by atoms with E-state index in [2.05, 4.69) is 40.0 Å². The molecule has 204 valence electrons. The fourth-order valence-corrected chi connectivity index (χ4v) is 7.12. The summed E-state index contributed by atoms with van der Waals surface area (Å²) in [5.41, 5.74) is 5.09. The molecule has 0 bridgehead atoms. The van der Waals surface area contributed by atoms with Gasteiger partial charge in [0, 0.05) is 43.9 Å². The van der Waals surface area contributed by atoms with Crippen LogP contribution >= 0.6 is 46.0 Å². The van der Waals surface area contributed by atoms with E-state index in [4.69, 9.17) is 16.3 Å². The van der Waals surface area contributed by atoms with E-state index < -0.39 is 5.97 Å². The normalized spacial score (nSPS) is 11.0. The molecule has 0 fully saturated rings. The zero-order chi connectivity index (χ0) is 28.2. The summed E-state index contributed by atoms with van der Waals surface area (Å²) in [5.74, 6) is 0.0849. The molecule has 3 aromatic heterocycles. The number of halogens is 1. The van der Waals surface area contributed by atoms with Crippen molar-refractivity contribution in [2.24, 2.45) is 0 Å². The van der Waals surface area contributed by atoms with Gasteiger partial charge in [0.15, 0.2) is 11.0 Å². The maximum Gasteiger partial charge on any atom is 0.341 e. The standard InChI is InChI=1S/C29H25ClN4O3S3/c1-4-34-26(22-15-38-17(2)24(22)19-8-6-5-7-9-19)32-33-29(34)40-16-23(35)31-27-25(28(36)37-3)21(14-39-27)18-10-12-20(30)13-11-18/h5-15H,4,16H2,1-3H3,(H,31,35). The number of nitrogens with zero attached hydrogens (tertiary/aromatic N) is 3. The lowest BCUT2D eigenvalue weighted by Crippen LogP contribution is -2.16. The molecule has 0 aliphatic heterocycles. The van der Waals surface area contributed by atoms with Crippen molar-refractivity contribution in [3.8, 4) is 33.6 Å². The van der Waals surface area contributed by atoms with Crippen molar-refractivity contribution in [3.05, 3.63) is 80.8 Å². The Kier molecular flexibility index (Phi) is 8.70. The van der Waals surface area contributed by atoms with Crippen LogP contribution in [0.5, 0.6) is 0 Å². The molecule has 7 nitrogen and oxygen atoms in total. The smallest absolute Gasteiger partial charge is 0.341 e. The molecule has 5 aromatic rings. The van der Waals surface area contributed by atoms with E-state index in [1.807, 2.05) is 47.2 Å². The Morgan fingerprint density at radius 2 is 1.73 bits per heavy atom. The molecule has 11 heteroatoms. The number of hydrogen-bond donors (Lipinski definition) is 1. The second kappa shape index (κ2) is 12.4. The number of thiophene rings is 2. The van der Waals surface area contributed by atoms with Crippen molar-refractivity contribution < 1.29 is 14.3 Å².